The van der Waals surface area contributed by atoms with Crippen LogP contribution in [0, 0.1) is 11.2 Å². The van der Waals surface area contributed by atoms with E-state index in [1.165, 1.54) is 24.4 Å². The minimum absolute atomic E-state index is 0.0333. The number of rotatable bonds is 12. The molecule has 0 aliphatic rings. The Balaban J connectivity index is 1.94. The zero-order chi connectivity index (χ0) is 32.6. The standard InChI is InChI=1S/C30H37FN6O7/c1-6-43-22(38)11-10-21(27(41)44-7-2)34-25(39)18-9-8-17(14-32)23(31)19(18)12-16-13-20-24(33-15-16)35-29(36-26(20)40)37-28(42)30(3,4)5/h8-9,13,15,21H,6-7,10-12,14,32H2,1-5H3,(H,34,39)(H2,33,35,36,37,40,42)/t21-/m0/s1. The van der Waals surface area contributed by atoms with Gasteiger partial charge in [-0.15, -0.1) is 0 Å². The van der Waals surface area contributed by atoms with E-state index in [0.29, 0.717) is 5.56 Å². The quantitative estimate of drug-likeness (QED) is 0.220. The van der Waals surface area contributed by atoms with Crippen LogP contribution in [0.3, 0.4) is 0 Å². The van der Waals surface area contributed by atoms with E-state index in [2.05, 4.69) is 25.6 Å². The fourth-order valence-electron chi connectivity index (χ4n) is 4.12. The third kappa shape index (κ3) is 8.43. The summed E-state index contributed by atoms with van der Waals surface area (Å²) in [7, 11) is 0. The maximum atomic E-state index is 15.7. The largest absolute Gasteiger partial charge is 0.493 e. The van der Waals surface area contributed by atoms with Crippen LogP contribution in [0.4, 0.5) is 10.3 Å². The van der Waals surface area contributed by atoms with Gasteiger partial charge in [0.15, 0.2) is 5.65 Å². The molecule has 0 spiro atoms. The van der Waals surface area contributed by atoms with E-state index in [9.17, 15) is 24.3 Å². The second kappa shape index (κ2) is 14.6. The van der Waals surface area contributed by atoms with E-state index < -0.39 is 41.0 Å². The number of fused-ring (bicyclic) bond motifs is 1. The molecule has 0 fully saturated rings. The summed E-state index contributed by atoms with van der Waals surface area (Å²) >= 11 is 0. The number of carbonyl (C=O) groups excluding carboxylic acids is 4. The van der Waals surface area contributed by atoms with Gasteiger partial charge in [0.1, 0.15) is 11.9 Å². The maximum Gasteiger partial charge on any atom is 0.328 e. The molecule has 1 aromatic carbocycles. The molecule has 0 saturated heterocycles. The number of aromatic nitrogens is 3. The predicted octanol–water partition coefficient (Wildman–Crippen LogP) is 2.91. The Kier molecular flexibility index (Phi) is 11.2. The Labute approximate surface area is 253 Å². The lowest BCUT2D eigenvalue weighted by Gasteiger charge is -2.19. The molecule has 3 rings (SSSR count). The van der Waals surface area contributed by atoms with Crippen LogP contribution < -0.4 is 16.4 Å². The van der Waals surface area contributed by atoms with Gasteiger partial charge in [-0.1, -0.05) is 26.8 Å². The minimum Gasteiger partial charge on any atom is -0.493 e. The highest BCUT2D eigenvalue weighted by atomic mass is 19.1. The number of esters is 2. The lowest BCUT2D eigenvalue weighted by molar-refractivity contribution is -0.146. The summed E-state index contributed by atoms with van der Waals surface area (Å²) in [5, 5.41) is 15.8. The average molecular weight is 613 g/mol. The average Bonchev–Trinajstić information content (AvgIpc) is 2.96. The summed E-state index contributed by atoms with van der Waals surface area (Å²) in [6.45, 7) is 8.45. The monoisotopic (exact) mass is 612 g/mol. The second-order valence-electron chi connectivity index (χ2n) is 10.9. The number of carbonyl (C=O) groups is 4. The first-order valence-corrected chi connectivity index (χ1v) is 14.1. The number of ether oxygens (including phenoxy) is 2. The molecule has 236 valence electrons. The highest BCUT2D eigenvalue weighted by Crippen LogP contribution is 2.27. The fourth-order valence-corrected chi connectivity index (χ4v) is 4.12. The summed E-state index contributed by atoms with van der Waals surface area (Å²) in [5.41, 5.74) is 5.51. The molecule has 5 N–H and O–H groups in total. The number of amides is 2. The number of nitrogens with zero attached hydrogens (tertiary/aromatic N) is 3. The molecule has 0 radical (unpaired) electrons. The number of nitrogens with two attached hydrogens (primary N) is 1. The Hall–Kier alpha value is -4.72. The molecular weight excluding hydrogens is 575 g/mol. The molecule has 2 aromatic heterocycles. The number of hydrogen-bond acceptors (Lipinski definition) is 11. The lowest BCUT2D eigenvalue weighted by Crippen LogP contribution is -2.42. The van der Waals surface area contributed by atoms with Gasteiger partial charge in [-0.2, -0.15) is 9.97 Å². The number of nitrogens with one attached hydrogen (secondary N) is 2. The van der Waals surface area contributed by atoms with Gasteiger partial charge in [0.05, 0.1) is 18.6 Å². The van der Waals surface area contributed by atoms with Crippen molar-refractivity contribution in [1.82, 2.24) is 20.3 Å². The number of benzene rings is 1. The van der Waals surface area contributed by atoms with Crippen molar-refractivity contribution in [2.24, 2.45) is 11.1 Å². The fraction of sp³-hybridized carbons (Fsp3) is 0.433. The van der Waals surface area contributed by atoms with Gasteiger partial charge in [0, 0.05) is 47.7 Å². The number of pyridine rings is 1. The van der Waals surface area contributed by atoms with Crippen molar-refractivity contribution < 1.29 is 38.1 Å². The molecule has 1 atom stereocenters. The van der Waals surface area contributed by atoms with Gasteiger partial charge in [0.2, 0.25) is 17.7 Å². The van der Waals surface area contributed by atoms with E-state index in [1.807, 2.05) is 0 Å². The van der Waals surface area contributed by atoms with Crippen molar-refractivity contribution in [3.63, 3.8) is 0 Å². The van der Waals surface area contributed by atoms with Crippen molar-refractivity contribution in [1.29, 1.82) is 0 Å². The molecule has 14 heteroatoms. The number of anilines is 1. The summed E-state index contributed by atoms with van der Waals surface area (Å²) in [6.07, 6.45) is 0.996. The van der Waals surface area contributed by atoms with Crippen molar-refractivity contribution in [3.05, 3.63) is 52.5 Å². The first-order valence-electron chi connectivity index (χ1n) is 14.1. The van der Waals surface area contributed by atoms with Crippen molar-refractivity contribution >= 4 is 40.7 Å². The normalized spacial score (nSPS) is 12.0. The van der Waals surface area contributed by atoms with E-state index in [4.69, 9.17) is 15.2 Å². The molecule has 44 heavy (non-hydrogen) atoms. The summed E-state index contributed by atoms with van der Waals surface area (Å²) in [5.74, 6) is -3.74. The van der Waals surface area contributed by atoms with Gasteiger partial charge in [-0.05, 0) is 38.0 Å². The SMILES string of the molecule is CCOC(=O)CC[C@H](NC(=O)c1ccc(CN)c(F)c1Cc1cnc2nc(NC(=O)C(C)(C)C)nc(O)c2c1)C(=O)OCC. The van der Waals surface area contributed by atoms with Crippen LogP contribution in [0.5, 0.6) is 5.88 Å². The highest BCUT2D eigenvalue weighted by molar-refractivity contribution is 5.98. The number of halogens is 1. The third-order valence-electron chi connectivity index (χ3n) is 6.48. The number of hydrogen-bond donors (Lipinski definition) is 4. The van der Waals surface area contributed by atoms with Gasteiger partial charge in [0.25, 0.3) is 5.91 Å². The summed E-state index contributed by atoms with van der Waals surface area (Å²) in [4.78, 5) is 62.6. The van der Waals surface area contributed by atoms with E-state index in [0.717, 1.165) is 0 Å². The van der Waals surface area contributed by atoms with Crippen LogP contribution in [-0.2, 0) is 36.8 Å². The molecule has 0 saturated carbocycles. The zero-order valence-electron chi connectivity index (χ0n) is 25.3. The topological polar surface area (TPSA) is 196 Å². The van der Waals surface area contributed by atoms with Crippen LogP contribution in [0.2, 0.25) is 0 Å². The molecule has 0 aliphatic heterocycles. The van der Waals surface area contributed by atoms with Gasteiger partial charge in [-0.3, -0.25) is 19.7 Å². The van der Waals surface area contributed by atoms with Crippen molar-refractivity contribution in [3.8, 4) is 5.88 Å². The Morgan fingerprint density at radius 2 is 1.80 bits per heavy atom. The molecule has 13 nitrogen and oxygen atoms in total. The molecule has 0 unspecified atom stereocenters. The third-order valence-corrected chi connectivity index (χ3v) is 6.48. The molecular formula is C30H37FN6O7. The van der Waals surface area contributed by atoms with E-state index in [1.54, 1.807) is 34.6 Å². The van der Waals surface area contributed by atoms with E-state index in [-0.39, 0.29) is 78.6 Å². The summed E-state index contributed by atoms with van der Waals surface area (Å²) < 4.78 is 25.6. The second-order valence-corrected chi connectivity index (χ2v) is 10.9. The Morgan fingerprint density at radius 3 is 2.43 bits per heavy atom. The summed E-state index contributed by atoms with van der Waals surface area (Å²) in [6, 6.07) is 3.06. The molecule has 2 heterocycles. The van der Waals surface area contributed by atoms with Crippen molar-refractivity contribution in [2.75, 3.05) is 18.5 Å². The molecule has 2 amide bonds. The van der Waals surface area contributed by atoms with Gasteiger partial charge >= 0.3 is 11.9 Å². The first-order chi connectivity index (χ1) is 20.8. The maximum absolute atomic E-state index is 15.7. The molecule has 0 aliphatic carbocycles. The Bertz CT molecular complexity index is 1560. The zero-order valence-corrected chi connectivity index (χ0v) is 25.3. The van der Waals surface area contributed by atoms with E-state index >= 15 is 4.39 Å². The van der Waals surface area contributed by atoms with Crippen LogP contribution in [-0.4, -0.2) is 63.1 Å². The van der Waals surface area contributed by atoms with Crippen LogP contribution in [0.1, 0.15) is 74.5 Å². The lowest BCUT2D eigenvalue weighted by atomic mass is 9.95. The number of aromatic hydroxyl groups is 1. The smallest absolute Gasteiger partial charge is 0.328 e. The van der Waals surface area contributed by atoms with Gasteiger partial charge in [-0.25, -0.2) is 14.2 Å². The van der Waals surface area contributed by atoms with Crippen LogP contribution in [0.15, 0.2) is 24.4 Å². The van der Waals surface area contributed by atoms with Crippen LogP contribution in [0.25, 0.3) is 11.0 Å². The molecule has 0 bridgehead atoms. The Morgan fingerprint density at radius 1 is 1.09 bits per heavy atom. The highest BCUT2D eigenvalue weighted by Gasteiger charge is 2.27. The van der Waals surface area contributed by atoms with Crippen molar-refractivity contribution in [2.45, 2.75) is 66.5 Å². The minimum atomic E-state index is -1.19. The first kappa shape index (κ1) is 33.8. The van der Waals surface area contributed by atoms with Crippen LogP contribution >= 0.6 is 0 Å². The molecule has 3 aromatic rings. The van der Waals surface area contributed by atoms with Gasteiger partial charge < -0.3 is 25.6 Å². The predicted molar refractivity (Wildman–Crippen MR) is 158 cm³/mol.